The van der Waals surface area contributed by atoms with E-state index in [4.69, 9.17) is 25.7 Å². The molecule has 0 radical (unpaired) electrons. The number of carboxylic acid groups (broad SMARTS) is 1. The quantitative estimate of drug-likeness (QED) is 0.326. The van der Waals surface area contributed by atoms with E-state index in [2.05, 4.69) is 9.80 Å². The van der Waals surface area contributed by atoms with Crippen LogP contribution in [0.5, 0.6) is 0 Å². The molecule has 3 saturated heterocycles. The van der Waals surface area contributed by atoms with Gasteiger partial charge in [-0.1, -0.05) is 0 Å². The van der Waals surface area contributed by atoms with E-state index < -0.39 is 29.9 Å². The van der Waals surface area contributed by atoms with Crippen LogP contribution in [0.3, 0.4) is 0 Å². The van der Waals surface area contributed by atoms with Crippen LogP contribution in [-0.4, -0.2) is 118 Å². The van der Waals surface area contributed by atoms with Crippen molar-refractivity contribution in [3.05, 3.63) is 0 Å². The van der Waals surface area contributed by atoms with E-state index in [1.165, 1.54) is 0 Å². The Morgan fingerprint density at radius 3 is 2.31 bits per heavy atom. The average Bonchev–Trinajstić information content (AvgIpc) is 3.07. The zero-order valence-electron chi connectivity index (χ0n) is 21.9. The van der Waals surface area contributed by atoms with E-state index in [1.54, 1.807) is 9.80 Å². The molecular formula is C24H42N6O6. The predicted octanol–water partition coefficient (Wildman–Crippen LogP) is 1.59. The van der Waals surface area contributed by atoms with Gasteiger partial charge in [-0.15, -0.1) is 0 Å². The highest BCUT2D eigenvalue weighted by atomic mass is 16.6. The fourth-order valence-electron chi connectivity index (χ4n) is 5.36. The van der Waals surface area contributed by atoms with Crippen molar-refractivity contribution in [1.29, 1.82) is 5.41 Å². The lowest BCUT2D eigenvalue weighted by Crippen LogP contribution is -2.58. The number of carbonyl (C=O) groups excluding carboxylic acids is 2. The molecule has 0 aromatic rings. The summed E-state index contributed by atoms with van der Waals surface area (Å²) in [6.45, 7) is 12.1. The van der Waals surface area contributed by atoms with Gasteiger partial charge in [0.15, 0.2) is 6.23 Å². The second kappa shape index (κ2) is 11.6. The van der Waals surface area contributed by atoms with Crippen molar-refractivity contribution < 1.29 is 29.0 Å². The summed E-state index contributed by atoms with van der Waals surface area (Å²) >= 11 is 0. The van der Waals surface area contributed by atoms with Gasteiger partial charge in [0.2, 0.25) is 0 Å². The summed E-state index contributed by atoms with van der Waals surface area (Å²) in [5, 5.41) is 17.1. The molecule has 0 aromatic heterocycles. The first-order valence-corrected chi connectivity index (χ1v) is 12.9. The molecular weight excluding hydrogens is 468 g/mol. The minimum atomic E-state index is -0.782. The number of nitrogens with zero attached hydrogens (tertiary/aromatic N) is 4. The Labute approximate surface area is 213 Å². The predicted molar refractivity (Wildman–Crippen MR) is 133 cm³/mol. The first-order valence-electron chi connectivity index (χ1n) is 12.9. The van der Waals surface area contributed by atoms with Crippen LogP contribution in [0.2, 0.25) is 0 Å². The van der Waals surface area contributed by atoms with E-state index in [1.807, 2.05) is 27.7 Å². The highest BCUT2D eigenvalue weighted by Crippen LogP contribution is 2.32. The fourth-order valence-corrected chi connectivity index (χ4v) is 5.36. The van der Waals surface area contributed by atoms with Crippen LogP contribution in [0.15, 0.2) is 0 Å². The van der Waals surface area contributed by atoms with E-state index >= 15 is 0 Å². The molecule has 3 heterocycles. The number of aliphatic carboxylic acids is 1. The lowest BCUT2D eigenvalue weighted by atomic mass is 9.87. The number of nitrogens with two attached hydrogens (primary N) is 1. The molecule has 3 aliphatic rings. The SMILES string of the molecule is CC1C(N2CCN(CCCC(=O)O)CC2)OC(=O)N1C(C(=N)N)C1CCN(C(=O)OC(C)(C)C)CC1. The summed E-state index contributed by atoms with van der Waals surface area (Å²) in [5.74, 6) is -0.907. The largest absolute Gasteiger partial charge is 0.481 e. The molecule has 12 heteroatoms. The molecule has 36 heavy (non-hydrogen) atoms. The van der Waals surface area contributed by atoms with Crippen molar-refractivity contribution in [2.24, 2.45) is 11.7 Å². The molecule has 0 aromatic carbocycles. The standard InChI is InChI=1S/C24H42N6O6/c1-16-21(28-14-12-27(13-15-28)9-5-6-18(31)32)35-23(34)30(16)19(20(25)26)17-7-10-29(11-8-17)22(33)36-24(2,3)4/h16-17,19,21H,5-15H2,1-4H3,(H3,25,26)(H,31,32). The van der Waals surface area contributed by atoms with Crippen molar-refractivity contribution in [3.8, 4) is 0 Å². The third kappa shape index (κ3) is 7.00. The Bertz CT molecular complexity index is 816. The number of piperidine rings is 1. The molecule has 3 fully saturated rings. The second-order valence-corrected chi connectivity index (χ2v) is 11.0. The smallest absolute Gasteiger partial charge is 0.412 e. The summed E-state index contributed by atoms with van der Waals surface area (Å²) in [6.07, 6.45) is 0.754. The van der Waals surface area contributed by atoms with Gasteiger partial charge in [-0.25, -0.2) is 9.59 Å². The van der Waals surface area contributed by atoms with Crippen LogP contribution < -0.4 is 5.73 Å². The zero-order valence-corrected chi connectivity index (χ0v) is 21.9. The van der Waals surface area contributed by atoms with Crippen LogP contribution in [0.1, 0.15) is 53.4 Å². The second-order valence-electron chi connectivity index (χ2n) is 11.0. The lowest BCUT2D eigenvalue weighted by molar-refractivity contribution is -0.137. The molecule has 12 nitrogen and oxygen atoms in total. The number of amidine groups is 1. The number of hydrogen-bond acceptors (Lipinski definition) is 8. The maximum atomic E-state index is 13.0. The van der Waals surface area contributed by atoms with Crippen LogP contribution in [0, 0.1) is 11.3 Å². The summed E-state index contributed by atoms with van der Waals surface area (Å²) < 4.78 is 11.3. The molecule has 3 aliphatic heterocycles. The molecule has 204 valence electrons. The van der Waals surface area contributed by atoms with Crippen LogP contribution in [-0.2, 0) is 14.3 Å². The van der Waals surface area contributed by atoms with Gasteiger partial charge in [0.05, 0.1) is 12.1 Å². The first kappa shape index (κ1) is 28.0. The minimum Gasteiger partial charge on any atom is -0.481 e. The van der Waals surface area contributed by atoms with Gasteiger partial charge in [-0.05, 0) is 59.4 Å². The maximum Gasteiger partial charge on any atom is 0.412 e. The summed E-state index contributed by atoms with van der Waals surface area (Å²) in [4.78, 5) is 43.8. The van der Waals surface area contributed by atoms with Gasteiger partial charge in [0.25, 0.3) is 0 Å². The Morgan fingerprint density at radius 2 is 1.78 bits per heavy atom. The van der Waals surface area contributed by atoms with Gasteiger partial charge in [-0.3, -0.25) is 20.0 Å². The number of amides is 2. The molecule has 2 amide bonds. The van der Waals surface area contributed by atoms with Gasteiger partial charge in [0, 0.05) is 45.7 Å². The minimum absolute atomic E-state index is 0.0546. The first-order chi connectivity index (χ1) is 16.9. The molecule has 0 spiro atoms. The maximum absolute atomic E-state index is 13.0. The van der Waals surface area contributed by atoms with Gasteiger partial charge < -0.3 is 30.1 Å². The van der Waals surface area contributed by atoms with E-state index in [-0.39, 0.29) is 30.3 Å². The number of nitrogens with one attached hydrogen (secondary N) is 1. The Kier molecular flexibility index (Phi) is 9.04. The van der Waals surface area contributed by atoms with Crippen molar-refractivity contribution >= 4 is 24.0 Å². The fraction of sp³-hybridized carbons (Fsp3) is 0.833. The normalized spacial score (nSPS) is 25.5. The number of cyclic esters (lactones) is 1. The van der Waals surface area contributed by atoms with Gasteiger partial charge >= 0.3 is 18.2 Å². The Balaban J connectivity index is 1.57. The topological polar surface area (TPSA) is 153 Å². The number of piperazine rings is 1. The zero-order chi connectivity index (χ0) is 26.6. The Hall–Kier alpha value is -2.60. The van der Waals surface area contributed by atoms with Crippen molar-refractivity contribution in [1.82, 2.24) is 19.6 Å². The average molecular weight is 511 g/mol. The number of likely N-dealkylation sites (tertiary alicyclic amines) is 1. The van der Waals surface area contributed by atoms with E-state index in [9.17, 15) is 14.4 Å². The molecule has 3 rings (SSSR count). The molecule has 0 saturated carbocycles. The Morgan fingerprint density at radius 1 is 1.17 bits per heavy atom. The van der Waals surface area contributed by atoms with Crippen molar-refractivity contribution in [2.75, 3.05) is 45.8 Å². The summed E-state index contributed by atoms with van der Waals surface area (Å²) in [7, 11) is 0. The molecule has 0 bridgehead atoms. The third-order valence-electron chi connectivity index (χ3n) is 7.17. The van der Waals surface area contributed by atoms with Crippen LogP contribution in [0.4, 0.5) is 9.59 Å². The third-order valence-corrected chi connectivity index (χ3v) is 7.17. The summed E-state index contributed by atoms with van der Waals surface area (Å²) in [6, 6.07) is -0.871. The van der Waals surface area contributed by atoms with Crippen LogP contribution in [0.25, 0.3) is 0 Å². The molecule has 3 unspecified atom stereocenters. The van der Waals surface area contributed by atoms with E-state index in [0.717, 1.165) is 19.6 Å². The van der Waals surface area contributed by atoms with Crippen LogP contribution >= 0.6 is 0 Å². The summed E-state index contributed by atoms with van der Waals surface area (Å²) in [5.41, 5.74) is 5.46. The molecule has 4 N–H and O–H groups in total. The monoisotopic (exact) mass is 510 g/mol. The number of carbonyl (C=O) groups is 3. The van der Waals surface area contributed by atoms with Gasteiger partial charge in [-0.2, -0.15) is 0 Å². The highest BCUT2D eigenvalue weighted by Gasteiger charge is 2.49. The highest BCUT2D eigenvalue weighted by molar-refractivity contribution is 5.87. The number of rotatable bonds is 8. The number of ether oxygens (including phenoxy) is 2. The van der Waals surface area contributed by atoms with E-state index in [0.29, 0.717) is 45.4 Å². The van der Waals surface area contributed by atoms with Crippen molar-refractivity contribution in [3.63, 3.8) is 0 Å². The lowest BCUT2D eigenvalue weighted by Gasteiger charge is -2.41. The molecule has 0 aliphatic carbocycles. The van der Waals surface area contributed by atoms with Crippen molar-refractivity contribution in [2.45, 2.75) is 77.3 Å². The molecule has 3 atom stereocenters. The number of carboxylic acids is 1. The van der Waals surface area contributed by atoms with Gasteiger partial charge in [0.1, 0.15) is 11.4 Å². The number of hydrogen-bond donors (Lipinski definition) is 3.